The van der Waals surface area contributed by atoms with Crippen LogP contribution in [0.25, 0.3) is 21.8 Å². The molecular formula is C31H32N4O. The molecule has 2 aromatic carbocycles. The van der Waals surface area contributed by atoms with Crippen molar-refractivity contribution in [3.05, 3.63) is 101 Å². The molecule has 5 aromatic rings. The molecule has 0 radical (unpaired) electrons. The molecule has 0 saturated heterocycles. The van der Waals surface area contributed by atoms with Gasteiger partial charge in [-0.2, -0.15) is 0 Å². The van der Waals surface area contributed by atoms with Crippen LogP contribution in [-0.2, 0) is 19.4 Å². The predicted molar refractivity (Wildman–Crippen MR) is 145 cm³/mol. The van der Waals surface area contributed by atoms with Crippen molar-refractivity contribution in [3.63, 3.8) is 0 Å². The summed E-state index contributed by atoms with van der Waals surface area (Å²) in [5.41, 5.74) is 8.40. The molecule has 182 valence electrons. The summed E-state index contributed by atoms with van der Waals surface area (Å²) in [7, 11) is 1.70. The number of rotatable bonds is 6. The summed E-state index contributed by atoms with van der Waals surface area (Å²) in [4.78, 5) is 13.6. The summed E-state index contributed by atoms with van der Waals surface area (Å²) in [5.74, 6) is 0.872. The van der Waals surface area contributed by atoms with E-state index in [-0.39, 0.29) is 11.5 Å². The third kappa shape index (κ3) is 4.24. The van der Waals surface area contributed by atoms with E-state index in [0.717, 1.165) is 54.0 Å². The monoisotopic (exact) mass is 476 g/mol. The molecule has 0 amide bonds. The molecule has 2 N–H and O–H groups in total. The second-order valence-corrected chi connectivity index (χ2v) is 10.7. The molecule has 5 nitrogen and oxygen atoms in total. The smallest absolute Gasteiger partial charge is 0.118 e. The lowest BCUT2D eigenvalue weighted by Gasteiger charge is -2.37. The first kappa shape index (κ1) is 22.7. The SMILES string of the molecule is COc1ccc(Cc2nc3c(c4c2[nH]c2ccccc24)C(NCc2ccccn2)CC(C)(C)C3)cc1. The number of fused-ring (bicyclic) bond motifs is 5. The van der Waals surface area contributed by atoms with Gasteiger partial charge < -0.3 is 15.0 Å². The number of hydrogen-bond acceptors (Lipinski definition) is 4. The minimum atomic E-state index is 0.152. The van der Waals surface area contributed by atoms with Gasteiger partial charge in [0, 0.05) is 52.8 Å². The van der Waals surface area contributed by atoms with Gasteiger partial charge in [-0.25, -0.2) is 0 Å². The normalized spacial score (nSPS) is 16.8. The van der Waals surface area contributed by atoms with E-state index >= 15 is 0 Å². The molecule has 3 aromatic heterocycles. The highest BCUT2D eigenvalue weighted by Gasteiger charge is 2.35. The van der Waals surface area contributed by atoms with Crippen LogP contribution in [0, 0.1) is 5.41 Å². The third-order valence-corrected chi connectivity index (χ3v) is 7.38. The van der Waals surface area contributed by atoms with Crippen molar-refractivity contribution in [2.24, 2.45) is 5.41 Å². The molecule has 3 heterocycles. The number of para-hydroxylation sites is 1. The molecular weight excluding hydrogens is 444 g/mol. The highest BCUT2D eigenvalue weighted by atomic mass is 16.5. The summed E-state index contributed by atoms with van der Waals surface area (Å²) in [6.07, 6.45) is 4.66. The van der Waals surface area contributed by atoms with Crippen LogP contribution in [0.1, 0.15) is 54.5 Å². The standard InChI is InChI=1S/C31H32N4O/c1-31(2)17-26(33-19-21-8-6-7-15-32-21)29-27(18-31)34-25(16-20-11-13-22(36-3)14-12-20)30-28(29)23-9-4-5-10-24(23)35-30/h4-15,26,33,35H,16-19H2,1-3H3. The number of benzene rings is 2. The average Bonchev–Trinajstić information content (AvgIpc) is 3.27. The summed E-state index contributed by atoms with van der Waals surface area (Å²) in [6, 6.07) is 23.3. The van der Waals surface area contributed by atoms with Crippen LogP contribution in [-0.4, -0.2) is 22.1 Å². The van der Waals surface area contributed by atoms with Gasteiger partial charge in [-0.1, -0.05) is 50.2 Å². The Balaban J connectivity index is 1.50. The fraction of sp³-hybridized carbons (Fsp3) is 0.290. The maximum absolute atomic E-state index is 5.36. The number of H-pyrrole nitrogens is 1. The Morgan fingerprint density at radius 1 is 1.03 bits per heavy atom. The van der Waals surface area contributed by atoms with E-state index < -0.39 is 0 Å². The fourth-order valence-electron chi connectivity index (χ4n) is 5.72. The van der Waals surface area contributed by atoms with Crippen molar-refractivity contribution in [1.82, 2.24) is 20.3 Å². The number of aromatic amines is 1. The largest absolute Gasteiger partial charge is 0.497 e. The van der Waals surface area contributed by atoms with E-state index in [9.17, 15) is 0 Å². The number of methoxy groups -OCH3 is 1. The van der Waals surface area contributed by atoms with E-state index in [4.69, 9.17) is 9.72 Å². The van der Waals surface area contributed by atoms with Gasteiger partial charge >= 0.3 is 0 Å². The molecule has 0 aliphatic heterocycles. The van der Waals surface area contributed by atoms with Crippen molar-refractivity contribution in [2.75, 3.05) is 7.11 Å². The zero-order valence-corrected chi connectivity index (χ0v) is 21.1. The zero-order chi connectivity index (χ0) is 24.7. The van der Waals surface area contributed by atoms with Crippen LogP contribution in [0.4, 0.5) is 0 Å². The van der Waals surface area contributed by atoms with Crippen molar-refractivity contribution >= 4 is 21.8 Å². The zero-order valence-electron chi connectivity index (χ0n) is 21.1. The number of ether oxygens (including phenoxy) is 1. The van der Waals surface area contributed by atoms with Crippen molar-refractivity contribution in [2.45, 2.75) is 45.7 Å². The minimum Gasteiger partial charge on any atom is -0.497 e. The first-order chi connectivity index (χ1) is 17.5. The van der Waals surface area contributed by atoms with Crippen LogP contribution >= 0.6 is 0 Å². The Bertz CT molecular complexity index is 1520. The Morgan fingerprint density at radius 3 is 2.61 bits per heavy atom. The molecule has 0 saturated carbocycles. The predicted octanol–water partition coefficient (Wildman–Crippen LogP) is 6.51. The number of nitrogens with one attached hydrogen (secondary N) is 2. The quantitative estimate of drug-likeness (QED) is 0.293. The summed E-state index contributed by atoms with van der Waals surface area (Å²) in [5, 5.41) is 6.43. The maximum atomic E-state index is 5.36. The van der Waals surface area contributed by atoms with Crippen molar-refractivity contribution in [3.8, 4) is 5.75 Å². The van der Waals surface area contributed by atoms with E-state index in [1.807, 2.05) is 30.5 Å². The van der Waals surface area contributed by atoms with Crippen molar-refractivity contribution < 1.29 is 4.74 Å². The van der Waals surface area contributed by atoms with Gasteiger partial charge in [-0.15, -0.1) is 0 Å². The van der Waals surface area contributed by atoms with Gasteiger partial charge in [0.1, 0.15) is 5.75 Å². The second-order valence-electron chi connectivity index (χ2n) is 10.7. The lowest BCUT2D eigenvalue weighted by atomic mass is 9.72. The average molecular weight is 477 g/mol. The summed E-state index contributed by atoms with van der Waals surface area (Å²) < 4.78 is 5.36. The van der Waals surface area contributed by atoms with Gasteiger partial charge in [-0.3, -0.25) is 9.97 Å². The lowest BCUT2D eigenvalue weighted by molar-refractivity contribution is 0.254. The van der Waals surface area contributed by atoms with E-state index in [0.29, 0.717) is 0 Å². The second kappa shape index (κ2) is 9.07. The number of pyridine rings is 2. The topological polar surface area (TPSA) is 62.8 Å². The highest BCUT2D eigenvalue weighted by molar-refractivity contribution is 6.10. The Morgan fingerprint density at radius 2 is 1.83 bits per heavy atom. The van der Waals surface area contributed by atoms with Crippen LogP contribution in [0.2, 0.25) is 0 Å². The molecule has 6 rings (SSSR count). The number of nitrogens with zero attached hydrogens (tertiary/aromatic N) is 2. The minimum absolute atomic E-state index is 0.152. The van der Waals surface area contributed by atoms with E-state index in [2.05, 4.69) is 71.6 Å². The van der Waals surface area contributed by atoms with Crippen LogP contribution in [0.5, 0.6) is 5.75 Å². The van der Waals surface area contributed by atoms with Gasteiger partial charge in [0.25, 0.3) is 0 Å². The summed E-state index contributed by atoms with van der Waals surface area (Å²) in [6.45, 7) is 5.45. The first-order valence-corrected chi connectivity index (χ1v) is 12.7. The van der Waals surface area contributed by atoms with E-state index in [1.165, 1.54) is 27.6 Å². The fourth-order valence-corrected chi connectivity index (χ4v) is 5.72. The van der Waals surface area contributed by atoms with Crippen molar-refractivity contribution in [1.29, 1.82) is 0 Å². The molecule has 0 spiro atoms. The molecule has 1 unspecified atom stereocenters. The molecule has 1 aliphatic carbocycles. The number of aromatic nitrogens is 3. The van der Waals surface area contributed by atoms with Crippen LogP contribution < -0.4 is 10.1 Å². The molecule has 0 fully saturated rings. The van der Waals surface area contributed by atoms with Gasteiger partial charge in [0.05, 0.1) is 24.0 Å². The third-order valence-electron chi connectivity index (χ3n) is 7.38. The molecule has 0 bridgehead atoms. The summed E-state index contributed by atoms with van der Waals surface area (Å²) >= 11 is 0. The van der Waals surface area contributed by atoms with Crippen LogP contribution in [0.15, 0.2) is 72.9 Å². The van der Waals surface area contributed by atoms with Gasteiger partial charge in [-0.05, 0) is 54.2 Å². The molecule has 1 atom stereocenters. The first-order valence-electron chi connectivity index (χ1n) is 12.7. The van der Waals surface area contributed by atoms with Gasteiger partial charge in [0.2, 0.25) is 0 Å². The molecule has 1 aliphatic rings. The molecule has 36 heavy (non-hydrogen) atoms. The van der Waals surface area contributed by atoms with Crippen LogP contribution in [0.3, 0.4) is 0 Å². The van der Waals surface area contributed by atoms with Gasteiger partial charge in [0.15, 0.2) is 0 Å². The molecule has 5 heteroatoms. The Labute approximate surface area is 211 Å². The lowest BCUT2D eigenvalue weighted by Crippen LogP contribution is -2.34. The highest BCUT2D eigenvalue weighted by Crippen LogP contribution is 2.45. The Hall–Kier alpha value is -3.70. The van der Waals surface area contributed by atoms with E-state index in [1.54, 1.807) is 7.11 Å². The Kier molecular flexibility index (Phi) is 5.73. The number of hydrogen-bond donors (Lipinski definition) is 2. The maximum Gasteiger partial charge on any atom is 0.118 e.